The highest BCUT2D eigenvalue weighted by atomic mass is 79.9. The summed E-state index contributed by atoms with van der Waals surface area (Å²) in [6.45, 7) is 6.25. The van der Waals surface area contributed by atoms with Crippen molar-refractivity contribution in [1.29, 1.82) is 5.26 Å². The van der Waals surface area contributed by atoms with Crippen LogP contribution in [0.5, 0.6) is 11.5 Å². The average molecular weight is 523 g/mol. The standard InChI is InChI=1S/C27H24BrFN2O3/c1-4-33-24-14-20(13-23(28)26(24)34-16-19-8-10-22(29)11-9-19)12-21(15-30)27(32)31-25-17(2)6-5-7-18(25)3/h5-14H,4,16H2,1-3H3,(H,31,32)/b21-12-. The molecule has 7 heteroatoms. The first-order valence-electron chi connectivity index (χ1n) is 10.6. The van der Waals surface area contributed by atoms with Gasteiger partial charge in [0.25, 0.3) is 5.91 Å². The van der Waals surface area contributed by atoms with Gasteiger partial charge in [-0.3, -0.25) is 4.79 Å². The van der Waals surface area contributed by atoms with E-state index in [1.165, 1.54) is 18.2 Å². The molecule has 3 aromatic rings. The Labute approximate surface area is 207 Å². The van der Waals surface area contributed by atoms with Crippen molar-refractivity contribution in [3.05, 3.63) is 92.7 Å². The summed E-state index contributed by atoms with van der Waals surface area (Å²) < 4.78 is 25.4. The molecule has 0 spiro atoms. The van der Waals surface area contributed by atoms with E-state index in [0.29, 0.717) is 33.8 Å². The van der Waals surface area contributed by atoms with Gasteiger partial charge in [-0.15, -0.1) is 0 Å². The molecular weight excluding hydrogens is 499 g/mol. The lowest BCUT2D eigenvalue weighted by atomic mass is 10.1. The zero-order chi connectivity index (χ0) is 24.7. The lowest BCUT2D eigenvalue weighted by Gasteiger charge is -2.15. The summed E-state index contributed by atoms with van der Waals surface area (Å²) >= 11 is 3.50. The van der Waals surface area contributed by atoms with Crippen LogP contribution in [0.3, 0.4) is 0 Å². The van der Waals surface area contributed by atoms with Gasteiger partial charge >= 0.3 is 0 Å². The third-order valence-electron chi connectivity index (χ3n) is 5.02. The lowest BCUT2D eigenvalue weighted by molar-refractivity contribution is -0.112. The van der Waals surface area contributed by atoms with Gasteiger partial charge in [0.05, 0.1) is 11.1 Å². The molecule has 174 valence electrons. The first kappa shape index (κ1) is 25.0. The van der Waals surface area contributed by atoms with Crippen LogP contribution in [0.2, 0.25) is 0 Å². The number of halogens is 2. The van der Waals surface area contributed by atoms with Gasteiger partial charge in [0.1, 0.15) is 24.1 Å². The molecule has 0 saturated heterocycles. The molecule has 3 aromatic carbocycles. The van der Waals surface area contributed by atoms with Crippen molar-refractivity contribution in [2.45, 2.75) is 27.4 Å². The first-order valence-corrected chi connectivity index (χ1v) is 11.4. The monoisotopic (exact) mass is 522 g/mol. The van der Waals surface area contributed by atoms with Crippen LogP contribution >= 0.6 is 15.9 Å². The number of carbonyl (C=O) groups is 1. The fraction of sp³-hybridized carbons (Fsp3) is 0.185. The van der Waals surface area contributed by atoms with Gasteiger partial charge in [0.2, 0.25) is 0 Å². The minimum Gasteiger partial charge on any atom is -0.490 e. The summed E-state index contributed by atoms with van der Waals surface area (Å²) in [4.78, 5) is 12.8. The van der Waals surface area contributed by atoms with Crippen molar-refractivity contribution in [2.75, 3.05) is 11.9 Å². The number of nitriles is 1. The van der Waals surface area contributed by atoms with Gasteiger partial charge in [0, 0.05) is 5.69 Å². The van der Waals surface area contributed by atoms with Crippen LogP contribution in [-0.4, -0.2) is 12.5 Å². The van der Waals surface area contributed by atoms with Gasteiger partial charge in [-0.25, -0.2) is 4.39 Å². The maximum atomic E-state index is 13.1. The molecule has 0 saturated carbocycles. The number of hydrogen-bond donors (Lipinski definition) is 1. The second kappa shape index (κ2) is 11.5. The second-order valence-electron chi connectivity index (χ2n) is 7.57. The van der Waals surface area contributed by atoms with Crippen LogP contribution in [0.4, 0.5) is 10.1 Å². The van der Waals surface area contributed by atoms with Crippen molar-refractivity contribution in [3.8, 4) is 17.6 Å². The fourth-order valence-corrected chi connectivity index (χ4v) is 3.89. The predicted octanol–water partition coefficient (Wildman–Crippen LogP) is 6.73. The molecule has 5 nitrogen and oxygen atoms in total. The molecule has 34 heavy (non-hydrogen) atoms. The molecule has 0 aliphatic carbocycles. The average Bonchev–Trinajstić information content (AvgIpc) is 2.80. The molecule has 0 unspecified atom stereocenters. The van der Waals surface area contributed by atoms with E-state index in [0.717, 1.165) is 16.7 Å². The van der Waals surface area contributed by atoms with E-state index < -0.39 is 5.91 Å². The third kappa shape index (κ3) is 6.24. The highest BCUT2D eigenvalue weighted by Gasteiger charge is 2.16. The number of amides is 1. The van der Waals surface area contributed by atoms with Crippen molar-refractivity contribution in [1.82, 2.24) is 0 Å². The van der Waals surface area contributed by atoms with Crippen molar-refractivity contribution in [3.63, 3.8) is 0 Å². The molecule has 3 rings (SSSR count). The molecule has 1 N–H and O–H groups in total. The van der Waals surface area contributed by atoms with Crippen LogP contribution < -0.4 is 14.8 Å². The van der Waals surface area contributed by atoms with Crippen molar-refractivity contribution in [2.24, 2.45) is 0 Å². The topological polar surface area (TPSA) is 71.3 Å². The fourth-order valence-electron chi connectivity index (χ4n) is 3.32. The van der Waals surface area contributed by atoms with Gasteiger partial charge in [-0.2, -0.15) is 5.26 Å². The third-order valence-corrected chi connectivity index (χ3v) is 5.61. The maximum Gasteiger partial charge on any atom is 0.266 e. The van der Waals surface area contributed by atoms with E-state index in [1.807, 2.05) is 45.0 Å². The summed E-state index contributed by atoms with van der Waals surface area (Å²) in [6, 6.07) is 17.2. The number of nitrogens with zero attached hydrogens (tertiary/aromatic N) is 1. The summed E-state index contributed by atoms with van der Waals surface area (Å²) in [5.74, 6) is 0.121. The number of anilines is 1. The molecule has 0 bridgehead atoms. The van der Waals surface area contributed by atoms with E-state index in [9.17, 15) is 14.4 Å². The molecule has 1 amide bonds. The number of carbonyl (C=O) groups excluding carboxylic acids is 1. The normalized spacial score (nSPS) is 11.0. The molecule has 0 atom stereocenters. The van der Waals surface area contributed by atoms with E-state index in [-0.39, 0.29) is 18.0 Å². The highest BCUT2D eigenvalue weighted by molar-refractivity contribution is 9.10. The Morgan fingerprint density at radius 3 is 2.41 bits per heavy atom. The first-order chi connectivity index (χ1) is 16.3. The number of ether oxygens (including phenoxy) is 2. The van der Waals surface area contributed by atoms with Crippen LogP contribution in [0.1, 0.15) is 29.2 Å². The van der Waals surface area contributed by atoms with E-state index in [2.05, 4.69) is 21.2 Å². The van der Waals surface area contributed by atoms with Crippen molar-refractivity contribution >= 4 is 33.6 Å². The number of rotatable bonds is 8. The highest BCUT2D eigenvalue weighted by Crippen LogP contribution is 2.38. The zero-order valence-electron chi connectivity index (χ0n) is 19.1. The van der Waals surface area contributed by atoms with Crippen LogP contribution in [-0.2, 0) is 11.4 Å². The Bertz CT molecular complexity index is 1240. The number of nitrogens with one attached hydrogen (secondary N) is 1. The lowest BCUT2D eigenvalue weighted by Crippen LogP contribution is -2.15. The SMILES string of the molecule is CCOc1cc(/C=C(/C#N)C(=O)Nc2c(C)cccc2C)cc(Br)c1OCc1ccc(F)cc1. The number of benzene rings is 3. The van der Waals surface area contributed by atoms with E-state index >= 15 is 0 Å². The number of para-hydroxylation sites is 1. The van der Waals surface area contributed by atoms with Crippen molar-refractivity contribution < 1.29 is 18.7 Å². The minimum atomic E-state index is -0.495. The molecule has 0 radical (unpaired) electrons. The van der Waals surface area contributed by atoms with Gasteiger partial charge in [-0.1, -0.05) is 30.3 Å². The number of hydrogen-bond acceptors (Lipinski definition) is 4. The molecule has 0 aliphatic rings. The molecule has 0 aliphatic heterocycles. The predicted molar refractivity (Wildman–Crippen MR) is 134 cm³/mol. The summed E-state index contributed by atoms with van der Waals surface area (Å²) in [5, 5.41) is 12.5. The molecule has 0 aromatic heterocycles. The van der Waals surface area contributed by atoms with Gasteiger partial charge < -0.3 is 14.8 Å². The van der Waals surface area contributed by atoms with E-state index in [1.54, 1.807) is 24.3 Å². The maximum absolute atomic E-state index is 13.1. The Morgan fingerprint density at radius 1 is 1.12 bits per heavy atom. The summed E-state index contributed by atoms with van der Waals surface area (Å²) in [5.41, 5.74) is 3.86. The largest absolute Gasteiger partial charge is 0.490 e. The molecule has 0 fully saturated rings. The van der Waals surface area contributed by atoms with Crippen LogP contribution in [0.25, 0.3) is 6.08 Å². The van der Waals surface area contributed by atoms with Crippen LogP contribution in [0.15, 0.2) is 64.6 Å². The zero-order valence-corrected chi connectivity index (χ0v) is 20.7. The van der Waals surface area contributed by atoms with E-state index in [4.69, 9.17) is 9.47 Å². The second-order valence-corrected chi connectivity index (χ2v) is 8.42. The summed E-state index contributed by atoms with van der Waals surface area (Å²) in [7, 11) is 0. The Balaban J connectivity index is 1.86. The van der Waals surface area contributed by atoms with Gasteiger partial charge in [-0.05, 0) is 89.3 Å². The minimum absolute atomic E-state index is 0.0445. The smallest absolute Gasteiger partial charge is 0.266 e. The molecular formula is C27H24BrFN2O3. The Hall–Kier alpha value is -3.63. The molecule has 0 heterocycles. The Kier molecular flexibility index (Phi) is 8.44. The van der Waals surface area contributed by atoms with Crippen LogP contribution in [0, 0.1) is 31.0 Å². The number of aryl methyl sites for hydroxylation is 2. The van der Waals surface area contributed by atoms with Gasteiger partial charge in [0.15, 0.2) is 11.5 Å². The summed E-state index contributed by atoms with van der Waals surface area (Å²) in [6.07, 6.45) is 1.50. The Morgan fingerprint density at radius 2 is 1.79 bits per heavy atom. The quantitative estimate of drug-likeness (QED) is 0.263.